The molecule has 2 N–H and O–H groups in total. The third-order valence-electron chi connectivity index (χ3n) is 4.71. The summed E-state index contributed by atoms with van der Waals surface area (Å²) in [5.41, 5.74) is 3.11. The monoisotopic (exact) mass is 348 g/mol. The number of likely N-dealkylation sites (N-methyl/N-ethyl adjacent to an activating group) is 2. The maximum absolute atomic E-state index is 12.9. The van der Waals surface area contributed by atoms with Gasteiger partial charge in [0.2, 0.25) is 0 Å². The summed E-state index contributed by atoms with van der Waals surface area (Å²) in [6.07, 6.45) is 0. The topological polar surface area (TPSA) is 81.1 Å². The SMILES string of the molecule is CN1C(=O)C2=C(c3ccc(O)cc3)N(C)C(=O)C2=C1c1ccc(O)cc1. The van der Waals surface area contributed by atoms with Gasteiger partial charge in [0.25, 0.3) is 11.8 Å². The first-order valence-electron chi connectivity index (χ1n) is 8.04. The second kappa shape index (κ2) is 5.49. The lowest BCUT2D eigenvalue weighted by atomic mass is 10.0. The standard InChI is InChI=1S/C20H16N2O4/c1-21-17(11-3-7-13(23)8-4-11)15-16(19(21)25)18(22(2)20(15)26)12-5-9-14(24)10-6-12/h3-10,23-24H,1-2H3. The Morgan fingerprint density at radius 2 is 0.923 bits per heavy atom. The van der Waals surface area contributed by atoms with Crippen LogP contribution in [-0.4, -0.2) is 45.9 Å². The summed E-state index contributed by atoms with van der Waals surface area (Å²) in [4.78, 5) is 28.8. The van der Waals surface area contributed by atoms with Gasteiger partial charge in [-0.25, -0.2) is 0 Å². The number of hydrogen-bond donors (Lipinski definition) is 2. The van der Waals surface area contributed by atoms with Gasteiger partial charge in [0.1, 0.15) is 11.5 Å². The van der Waals surface area contributed by atoms with Crippen molar-refractivity contribution in [2.75, 3.05) is 14.1 Å². The van der Waals surface area contributed by atoms with E-state index in [1.807, 2.05) is 0 Å². The van der Waals surface area contributed by atoms with Gasteiger partial charge in [-0.3, -0.25) is 9.59 Å². The number of amides is 2. The molecule has 2 aromatic carbocycles. The number of fused-ring (bicyclic) bond motifs is 1. The van der Waals surface area contributed by atoms with Crippen molar-refractivity contribution in [3.63, 3.8) is 0 Å². The third-order valence-corrected chi connectivity index (χ3v) is 4.71. The van der Waals surface area contributed by atoms with Gasteiger partial charge in [-0.2, -0.15) is 0 Å². The minimum atomic E-state index is -0.260. The molecular formula is C20H16N2O4. The van der Waals surface area contributed by atoms with E-state index in [0.29, 0.717) is 33.7 Å². The Morgan fingerprint density at radius 1 is 0.615 bits per heavy atom. The number of benzene rings is 2. The van der Waals surface area contributed by atoms with E-state index >= 15 is 0 Å². The van der Waals surface area contributed by atoms with Gasteiger partial charge in [0.15, 0.2) is 0 Å². The molecule has 0 fully saturated rings. The summed E-state index contributed by atoms with van der Waals surface area (Å²) < 4.78 is 0. The molecule has 2 amide bonds. The summed E-state index contributed by atoms with van der Waals surface area (Å²) in [5, 5.41) is 19.0. The Morgan fingerprint density at radius 3 is 1.23 bits per heavy atom. The Bertz CT molecular complexity index is 918. The minimum absolute atomic E-state index is 0.113. The fraction of sp³-hybridized carbons (Fsp3) is 0.100. The molecule has 4 rings (SSSR count). The molecule has 0 unspecified atom stereocenters. The van der Waals surface area contributed by atoms with Crippen LogP contribution >= 0.6 is 0 Å². The molecule has 0 saturated carbocycles. The molecule has 0 bridgehead atoms. The molecule has 2 aliphatic rings. The summed E-state index contributed by atoms with van der Waals surface area (Å²) in [5.74, 6) is -0.295. The Kier molecular flexibility index (Phi) is 3.37. The number of nitrogens with zero attached hydrogens (tertiary/aromatic N) is 2. The Balaban J connectivity index is 1.97. The van der Waals surface area contributed by atoms with E-state index in [0.717, 1.165) is 0 Å². The zero-order chi connectivity index (χ0) is 18.6. The fourth-order valence-corrected chi connectivity index (χ4v) is 3.44. The second-order valence-corrected chi connectivity index (χ2v) is 6.27. The van der Waals surface area contributed by atoms with Gasteiger partial charge in [-0.15, -0.1) is 0 Å². The number of rotatable bonds is 2. The minimum Gasteiger partial charge on any atom is -0.508 e. The largest absolute Gasteiger partial charge is 0.508 e. The van der Waals surface area contributed by atoms with Crippen LogP contribution in [0.2, 0.25) is 0 Å². The molecular weight excluding hydrogens is 332 g/mol. The molecule has 0 radical (unpaired) electrons. The second-order valence-electron chi connectivity index (χ2n) is 6.27. The van der Waals surface area contributed by atoms with Crippen molar-refractivity contribution in [2.45, 2.75) is 0 Å². The molecule has 2 aromatic rings. The van der Waals surface area contributed by atoms with Gasteiger partial charge in [-0.1, -0.05) is 0 Å². The van der Waals surface area contributed by atoms with Crippen molar-refractivity contribution in [1.82, 2.24) is 9.80 Å². The van der Waals surface area contributed by atoms with Gasteiger partial charge in [-0.05, 0) is 59.7 Å². The molecule has 0 saturated heterocycles. The number of carbonyl (C=O) groups is 2. The van der Waals surface area contributed by atoms with Crippen molar-refractivity contribution >= 4 is 23.2 Å². The lowest BCUT2D eigenvalue weighted by Gasteiger charge is -2.20. The Labute approximate surface area is 149 Å². The van der Waals surface area contributed by atoms with Crippen LogP contribution in [-0.2, 0) is 9.59 Å². The van der Waals surface area contributed by atoms with Gasteiger partial charge >= 0.3 is 0 Å². The van der Waals surface area contributed by atoms with Crippen molar-refractivity contribution in [2.24, 2.45) is 0 Å². The smallest absolute Gasteiger partial charge is 0.261 e. The van der Waals surface area contributed by atoms with Gasteiger partial charge in [0, 0.05) is 14.1 Å². The molecule has 130 valence electrons. The van der Waals surface area contributed by atoms with Crippen LogP contribution in [0, 0.1) is 0 Å². The van der Waals surface area contributed by atoms with Crippen molar-refractivity contribution in [3.05, 3.63) is 70.8 Å². The van der Waals surface area contributed by atoms with E-state index in [1.165, 1.54) is 34.1 Å². The molecule has 6 heteroatoms. The first kappa shape index (κ1) is 16.0. The summed E-state index contributed by atoms with van der Waals surface area (Å²) >= 11 is 0. The van der Waals surface area contributed by atoms with E-state index < -0.39 is 0 Å². The van der Waals surface area contributed by atoms with E-state index in [9.17, 15) is 19.8 Å². The van der Waals surface area contributed by atoms with Gasteiger partial charge < -0.3 is 20.0 Å². The first-order chi connectivity index (χ1) is 12.4. The average Bonchev–Trinajstić information content (AvgIpc) is 3.03. The average molecular weight is 348 g/mol. The molecule has 0 aromatic heterocycles. The zero-order valence-corrected chi connectivity index (χ0v) is 14.2. The highest BCUT2D eigenvalue weighted by atomic mass is 16.3. The van der Waals surface area contributed by atoms with Crippen LogP contribution in [0.25, 0.3) is 11.4 Å². The molecule has 0 spiro atoms. The molecule has 0 aliphatic carbocycles. The zero-order valence-electron chi connectivity index (χ0n) is 14.2. The quantitative estimate of drug-likeness (QED) is 0.871. The predicted octanol–water partition coefficient (Wildman–Crippen LogP) is 2.16. The summed E-state index contributed by atoms with van der Waals surface area (Å²) in [6, 6.07) is 12.8. The first-order valence-corrected chi connectivity index (χ1v) is 8.04. The molecule has 2 heterocycles. The van der Waals surface area contributed by atoms with Crippen molar-refractivity contribution in [3.8, 4) is 11.5 Å². The highest BCUT2D eigenvalue weighted by Crippen LogP contribution is 2.45. The van der Waals surface area contributed by atoms with Crippen molar-refractivity contribution in [1.29, 1.82) is 0 Å². The molecule has 6 nitrogen and oxygen atoms in total. The molecule has 2 aliphatic heterocycles. The van der Waals surface area contributed by atoms with Crippen LogP contribution in [0.5, 0.6) is 11.5 Å². The number of hydrogen-bond acceptors (Lipinski definition) is 4. The van der Waals surface area contributed by atoms with Crippen LogP contribution in [0.15, 0.2) is 59.7 Å². The highest BCUT2D eigenvalue weighted by molar-refractivity contribution is 6.30. The maximum atomic E-state index is 12.9. The highest BCUT2D eigenvalue weighted by Gasteiger charge is 2.46. The Hall–Kier alpha value is -3.54. The van der Waals surface area contributed by atoms with Gasteiger partial charge in [0.05, 0.1) is 22.5 Å². The number of phenolic OH excluding ortho intramolecular Hbond substituents is 2. The molecule has 26 heavy (non-hydrogen) atoms. The van der Waals surface area contributed by atoms with Crippen molar-refractivity contribution < 1.29 is 19.8 Å². The number of phenols is 2. The predicted molar refractivity (Wildman–Crippen MR) is 95.6 cm³/mol. The lowest BCUT2D eigenvalue weighted by Crippen LogP contribution is -2.25. The lowest BCUT2D eigenvalue weighted by molar-refractivity contribution is -0.123. The number of carbonyl (C=O) groups excluding carboxylic acids is 2. The fourth-order valence-electron chi connectivity index (χ4n) is 3.44. The summed E-state index contributed by atoms with van der Waals surface area (Å²) in [7, 11) is 3.26. The molecule has 0 atom stereocenters. The summed E-state index contributed by atoms with van der Waals surface area (Å²) in [6.45, 7) is 0. The normalized spacial score (nSPS) is 16.8. The van der Waals surface area contributed by atoms with Crippen LogP contribution in [0.1, 0.15) is 11.1 Å². The van der Waals surface area contributed by atoms with E-state index in [1.54, 1.807) is 38.4 Å². The van der Waals surface area contributed by atoms with E-state index in [2.05, 4.69) is 0 Å². The van der Waals surface area contributed by atoms with Crippen LogP contribution in [0.3, 0.4) is 0 Å². The van der Waals surface area contributed by atoms with E-state index in [-0.39, 0.29) is 23.3 Å². The maximum Gasteiger partial charge on any atom is 0.261 e. The van der Waals surface area contributed by atoms with Crippen LogP contribution < -0.4 is 0 Å². The number of aromatic hydroxyl groups is 2. The van der Waals surface area contributed by atoms with E-state index in [4.69, 9.17) is 0 Å². The van der Waals surface area contributed by atoms with Crippen LogP contribution in [0.4, 0.5) is 0 Å². The third kappa shape index (κ3) is 2.12.